The number of piperidine rings is 1. The van der Waals surface area contributed by atoms with Crippen LogP contribution in [0.25, 0.3) is 0 Å². The molecule has 0 aromatic heterocycles. The summed E-state index contributed by atoms with van der Waals surface area (Å²) in [7, 11) is 1.50. The van der Waals surface area contributed by atoms with Crippen LogP contribution in [0.2, 0.25) is 0 Å². The number of likely N-dealkylation sites (tertiary alicyclic amines) is 1. The van der Waals surface area contributed by atoms with Gasteiger partial charge in [-0.1, -0.05) is 24.6 Å². The first-order valence-electron chi connectivity index (χ1n) is 13.2. The maximum atomic E-state index is 14.0. The normalized spacial score (nSPS) is 27.8. The summed E-state index contributed by atoms with van der Waals surface area (Å²) in [5, 5.41) is 9.29. The highest BCUT2D eigenvalue weighted by atomic mass is 19.4. The number of carboxylic acid groups (broad SMARTS) is 1. The van der Waals surface area contributed by atoms with Gasteiger partial charge in [0.15, 0.2) is 0 Å². The van der Waals surface area contributed by atoms with E-state index in [-0.39, 0.29) is 41.5 Å². The minimum absolute atomic E-state index is 0.0134. The standard InChI is InChI=1S/C28H32F3N3O5/c1-27-15-4-3-7-21(27)24(33(18-11-12-18)26(38)32(2)16-23(35)36)20-6-5-8-22(20)34(27)25(37)17-9-13-19(14-10-17)39-28(29,30)31/h3-4,7,9-10,13-14,18,20,22,24H,5-6,8,11-12,15-16H2,1-2H3,(H,35,36). The number of amides is 3. The lowest BCUT2D eigenvalue weighted by molar-refractivity contribution is -0.274. The number of allylic oxidation sites excluding steroid dienone is 2. The monoisotopic (exact) mass is 547 g/mol. The van der Waals surface area contributed by atoms with Crippen molar-refractivity contribution in [1.29, 1.82) is 0 Å². The number of rotatable bonds is 6. The Hall–Kier alpha value is -3.50. The van der Waals surface area contributed by atoms with Gasteiger partial charge in [-0.15, -0.1) is 13.2 Å². The predicted molar refractivity (Wildman–Crippen MR) is 135 cm³/mol. The summed E-state index contributed by atoms with van der Waals surface area (Å²) >= 11 is 0. The molecule has 8 nitrogen and oxygen atoms in total. The average Bonchev–Trinajstić information content (AvgIpc) is 3.58. The number of aliphatic carboxylic acids is 1. The Balaban J connectivity index is 1.51. The second-order valence-corrected chi connectivity index (χ2v) is 11.1. The number of hydrogen-bond acceptors (Lipinski definition) is 4. The van der Waals surface area contributed by atoms with Crippen LogP contribution in [0, 0.1) is 5.92 Å². The quantitative estimate of drug-likeness (QED) is 0.552. The zero-order valence-corrected chi connectivity index (χ0v) is 21.9. The molecule has 210 valence electrons. The van der Waals surface area contributed by atoms with E-state index < -0.39 is 30.2 Å². The van der Waals surface area contributed by atoms with Gasteiger partial charge in [0, 0.05) is 30.6 Å². The van der Waals surface area contributed by atoms with E-state index in [1.165, 1.54) is 24.1 Å². The third-order valence-electron chi connectivity index (χ3n) is 8.38. The average molecular weight is 548 g/mol. The number of benzene rings is 1. The van der Waals surface area contributed by atoms with E-state index >= 15 is 0 Å². The maximum absolute atomic E-state index is 14.0. The summed E-state index contributed by atoms with van der Waals surface area (Å²) in [4.78, 5) is 44.1. The Morgan fingerprint density at radius 3 is 2.44 bits per heavy atom. The summed E-state index contributed by atoms with van der Waals surface area (Å²) in [6.07, 6.45) is 5.68. The first-order valence-corrected chi connectivity index (χ1v) is 13.2. The number of likely N-dealkylation sites (N-methyl/N-ethyl adjacent to an activating group) is 1. The van der Waals surface area contributed by atoms with Crippen molar-refractivity contribution in [1.82, 2.24) is 14.7 Å². The van der Waals surface area contributed by atoms with E-state index in [4.69, 9.17) is 0 Å². The fourth-order valence-electron chi connectivity index (χ4n) is 6.67. The maximum Gasteiger partial charge on any atom is 0.573 e. The molecule has 4 aliphatic rings. The van der Waals surface area contributed by atoms with Gasteiger partial charge in [-0.25, -0.2) is 4.79 Å². The molecular formula is C28H32F3N3O5. The van der Waals surface area contributed by atoms with Gasteiger partial charge in [0.05, 0.1) is 11.6 Å². The minimum atomic E-state index is -4.82. The molecule has 1 N–H and O–H groups in total. The fourth-order valence-corrected chi connectivity index (χ4v) is 6.67. The zero-order chi connectivity index (χ0) is 28.1. The Morgan fingerprint density at radius 1 is 1.13 bits per heavy atom. The lowest BCUT2D eigenvalue weighted by Crippen LogP contribution is -2.68. The first-order chi connectivity index (χ1) is 18.4. The summed E-state index contributed by atoms with van der Waals surface area (Å²) in [5.41, 5.74) is 0.435. The zero-order valence-electron chi connectivity index (χ0n) is 21.9. The van der Waals surface area contributed by atoms with Gasteiger partial charge in [0.25, 0.3) is 5.91 Å². The number of carboxylic acids is 1. The minimum Gasteiger partial charge on any atom is -0.480 e. The van der Waals surface area contributed by atoms with Crippen molar-refractivity contribution >= 4 is 17.9 Å². The van der Waals surface area contributed by atoms with Crippen LogP contribution in [0.3, 0.4) is 0 Å². The Kier molecular flexibility index (Phi) is 6.88. The lowest BCUT2D eigenvalue weighted by atomic mass is 9.68. The number of fused-ring (bicyclic) bond motifs is 2. The van der Waals surface area contributed by atoms with Crippen molar-refractivity contribution in [3.8, 4) is 5.75 Å². The third kappa shape index (κ3) is 5.10. The molecule has 1 heterocycles. The molecule has 3 aliphatic carbocycles. The number of halogens is 3. The second kappa shape index (κ2) is 9.91. The summed E-state index contributed by atoms with van der Waals surface area (Å²) < 4.78 is 41.9. The molecule has 5 rings (SSSR count). The van der Waals surface area contributed by atoms with E-state index in [1.54, 1.807) is 0 Å². The third-order valence-corrected chi connectivity index (χ3v) is 8.38. The summed E-state index contributed by atoms with van der Waals surface area (Å²) in [5.74, 6) is -1.81. The molecule has 0 spiro atoms. The van der Waals surface area contributed by atoms with Gasteiger partial charge in [0.2, 0.25) is 0 Å². The highest BCUT2D eigenvalue weighted by Gasteiger charge is 2.59. The number of carbonyl (C=O) groups is 3. The van der Waals surface area contributed by atoms with Gasteiger partial charge in [-0.2, -0.15) is 0 Å². The van der Waals surface area contributed by atoms with Gasteiger partial charge in [-0.05, 0) is 68.9 Å². The number of hydrogen-bond donors (Lipinski definition) is 1. The van der Waals surface area contributed by atoms with Gasteiger partial charge < -0.3 is 24.5 Å². The van der Waals surface area contributed by atoms with E-state index in [0.717, 1.165) is 49.8 Å². The molecule has 4 atom stereocenters. The van der Waals surface area contributed by atoms with Crippen LogP contribution in [-0.2, 0) is 4.79 Å². The number of carbonyl (C=O) groups excluding carboxylic acids is 2. The molecule has 0 bridgehead atoms. The fraction of sp³-hybridized carbons (Fsp3) is 0.536. The van der Waals surface area contributed by atoms with E-state index in [0.29, 0.717) is 6.42 Å². The van der Waals surface area contributed by atoms with E-state index in [2.05, 4.69) is 4.74 Å². The summed E-state index contributed by atoms with van der Waals surface area (Å²) in [6, 6.07) is 4.22. The van der Waals surface area contributed by atoms with Crippen LogP contribution >= 0.6 is 0 Å². The van der Waals surface area contributed by atoms with Crippen molar-refractivity contribution < 1.29 is 37.4 Å². The van der Waals surface area contributed by atoms with Crippen molar-refractivity contribution in [2.45, 2.75) is 75.5 Å². The molecule has 39 heavy (non-hydrogen) atoms. The van der Waals surface area contributed by atoms with Crippen molar-refractivity contribution in [3.05, 3.63) is 53.6 Å². The van der Waals surface area contributed by atoms with Crippen LogP contribution in [0.1, 0.15) is 55.8 Å². The van der Waals surface area contributed by atoms with Gasteiger partial charge in [-0.3, -0.25) is 9.59 Å². The Morgan fingerprint density at radius 2 is 1.82 bits per heavy atom. The molecule has 0 radical (unpaired) electrons. The van der Waals surface area contributed by atoms with E-state index in [9.17, 15) is 32.7 Å². The van der Waals surface area contributed by atoms with Crippen LogP contribution in [0.5, 0.6) is 5.75 Å². The number of nitrogens with zero attached hydrogens (tertiary/aromatic N) is 3. The van der Waals surface area contributed by atoms with E-state index in [1.807, 2.05) is 35.0 Å². The van der Waals surface area contributed by atoms with Crippen LogP contribution in [-0.4, -0.2) is 81.3 Å². The molecule has 3 amide bonds. The SMILES string of the molecule is CN(CC(=O)O)C(=O)N(C1CC1)C1C2=CC=CCC2(C)N(C(=O)c2ccc(OC(F)(F)F)cc2)C2CCCC12. The molecule has 1 aromatic carbocycles. The first kappa shape index (κ1) is 27.1. The molecular weight excluding hydrogens is 515 g/mol. The van der Waals surface area contributed by atoms with Crippen LogP contribution < -0.4 is 4.74 Å². The highest BCUT2D eigenvalue weighted by Crippen LogP contribution is 2.53. The smallest absolute Gasteiger partial charge is 0.480 e. The van der Waals surface area contributed by atoms with Crippen molar-refractivity contribution in [2.75, 3.05) is 13.6 Å². The summed E-state index contributed by atoms with van der Waals surface area (Å²) in [6.45, 7) is 1.58. The van der Waals surface area contributed by atoms with Crippen LogP contribution in [0.4, 0.5) is 18.0 Å². The van der Waals surface area contributed by atoms with Gasteiger partial charge >= 0.3 is 18.4 Å². The molecule has 3 fully saturated rings. The largest absolute Gasteiger partial charge is 0.573 e. The Bertz CT molecular complexity index is 1210. The number of ether oxygens (including phenoxy) is 1. The molecule has 2 saturated carbocycles. The van der Waals surface area contributed by atoms with Crippen molar-refractivity contribution in [3.63, 3.8) is 0 Å². The molecule has 1 saturated heterocycles. The van der Waals surface area contributed by atoms with Gasteiger partial charge in [0.1, 0.15) is 12.3 Å². The molecule has 4 unspecified atom stereocenters. The highest BCUT2D eigenvalue weighted by molar-refractivity contribution is 5.96. The van der Waals surface area contributed by atoms with Crippen LogP contribution in [0.15, 0.2) is 48.1 Å². The molecule has 1 aromatic rings. The second-order valence-electron chi connectivity index (χ2n) is 11.1. The topological polar surface area (TPSA) is 90.4 Å². The lowest BCUT2D eigenvalue weighted by Gasteiger charge is -2.58. The number of alkyl halides is 3. The molecule has 11 heteroatoms. The number of urea groups is 1. The predicted octanol–water partition coefficient (Wildman–Crippen LogP) is 4.82. The van der Waals surface area contributed by atoms with Crippen molar-refractivity contribution in [2.24, 2.45) is 5.92 Å². The molecule has 1 aliphatic heterocycles. The Labute approximate surface area is 224 Å².